The van der Waals surface area contributed by atoms with Gasteiger partial charge in [0.15, 0.2) is 5.78 Å². The van der Waals surface area contributed by atoms with Crippen molar-refractivity contribution in [1.82, 2.24) is 5.32 Å². The zero-order valence-electron chi connectivity index (χ0n) is 12.0. The van der Waals surface area contributed by atoms with E-state index in [1.807, 2.05) is 6.92 Å². The highest BCUT2D eigenvalue weighted by molar-refractivity contribution is 5.96. The summed E-state index contributed by atoms with van der Waals surface area (Å²) in [5.74, 6) is -1.89. The van der Waals surface area contributed by atoms with Gasteiger partial charge in [-0.15, -0.1) is 0 Å². The van der Waals surface area contributed by atoms with Crippen LogP contribution in [0.15, 0.2) is 18.2 Å². The first-order valence-electron chi connectivity index (χ1n) is 6.93. The third-order valence-electron chi connectivity index (χ3n) is 2.81. The zero-order valence-corrected chi connectivity index (χ0v) is 12.0. The number of carbonyl (C=O) groups excluding carboxylic acids is 2. The van der Waals surface area contributed by atoms with Crippen LogP contribution in [-0.4, -0.2) is 25.0 Å². The molecule has 0 spiro atoms. The molecule has 0 saturated heterocycles. The normalized spacial score (nSPS) is 10.2. The highest BCUT2D eigenvalue weighted by Crippen LogP contribution is 2.12. The second kappa shape index (κ2) is 9.05. The molecule has 4 nitrogen and oxygen atoms in total. The summed E-state index contributed by atoms with van der Waals surface area (Å²) in [5.41, 5.74) is -0.263. The topological polar surface area (TPSA) is 55.4 Å². The number of alkyl carbamates (subject to hydrolysis) is 1. The standard InChI is InChI=1S/C15H19F2NO3/c1-2-3-9-21-15(20)18-8-4-5-14(19)12-10-11(16)6-7-13(12)17/h6-7,10H,2-5,8-9H2,1H3,(H,18,20). The summed E-state index contributed by atoms with van der Waals surface area (Å²) in [5, 5.41) is 2.49. The predicted molar refractivity (Wildman–Crippen MR) is 74.2 cm³/mol. The molecule has 0 radical (unpaired) electrons. The van der Waals surface area contributed by atoms with Crippen molar-refractivity contribution in [3.05, 3.63) is 35.4 Å². The van der Waals surface area contributed by atoms with Crippen molar-refractivity contribution in [3.8, 4) is 0 Å². The Labute approximate surface area is 122 Å². The lowest BCUT2D eigenvalue weighted by molar-refractivity contribution is 0.0973. The fourth-order valence-corrected chi connectivity index (χ4v) is 1.65. The number of nitrogens with one attached hydrogen (secondary N) is 1. The van der Waals surface area contributed by atoms with Gasteiger partial charge < -0.3 is 10.1 Å². The lowest BCUT2D eigenvalue weighted by Gasteiger charge is -2.06. The second-order valence-electron chi connectivity index (χ2n) is 4.57. The zero-order chi connectivity index (χ0) is 15.7. The van der Waals surface area contributed by atoms with Crippen molar-refractivity contribution in [3.63, 3.8) is 0 Å². The molecular formula is C15H19F2NO3. The number of unbranched alkanes of at least 4 members (excludes halogenated alkanes) is 1. The van der Waals surface area contributed by atoms with Gasteiger partial charge in [-0.1, -0.05) is 13.3 Å². The van der Waals surface area contributed by atoms with Crippen molar-refractivity contribution >= 4 is 11.9 Å². The van der Waals surface area contributed by atoms with Gasteiger partial charge in [-0.25, -0.2) is 13.6 Å². The first-order chi connectivity index (χ1) is 10.0. The van der Waals surface area contributed by atoms with Gasteiger partial charge in [-0.2, -0.15) is 0 Å². The largest absolute Gasteiger partial charge is 0.450 e. The lowest BCUT2D eigenvalue weighted by atomic mass is 10.1. The van der Waals surface area contributed by atoms with Crippen LogP contribution < -0.4 is 5.32 Å². The number of hydrogen-bond acceptors (Lipinski definition) is 3. The summed E-state index contributed by atoms with van der Waals surface area (Å²) in [7, 11) is 0. The van der Waals surface area contributed by atoms with E-state index in [1.165, 1.54) is 0 Å². The van der Waals surface area contributed by atoms with E-state index in [0.29, 0.717) is 13.0 Å². The molecule has 0 atom stereocenters. The minimum Gasteiger partial charge on any atom is -0.450 e. The smallest absolute Gasteiger partial charge is 0.407 e. The molecule has 0 saturated carbocycles. The third kappa shape index (κ3) is 6.33. The fraction of sp³-hybridized carbons (Fsp3) is 0.467. The quantitative estimate of drug-likeness (QED) is 0.591. The number of rotatable bonds is 8. The van der Waals surface area contributed by atoms with E-state index >= 15 is 0 Å². The maximum Gasteiger partial charge on any atom is 0.407 e. The minimum absolute atomic E-state index is 0.0234. The van der Waals surface area contributed by atoms with Gasteiger partial charge in [0.05, 0.1) is 12.2 Å². The summed E-state index contributed by atoms with van der Waals surface area (Å²) in [6.07, 6.45) is 1.55. The Hall–Kier alpha value is -1.98. The van der Waals surface area contributed by atoms with Gasteiger partial charge in [-0.3, -0.25) is 4.79 Å². The monoisotopic (exact) mass is 299 g/mol. The second-order valence-corrected chi connectivity index (χ2v) is 4.57. The molecule has 1 amide bonds. The summed E-state index contributed by atoms with van der Waals surface area (Å²) >= 11 is 0. The van der Waals surface area contributed by atoms with E-state index in [-0.39, 0.29) is 18.5 Å². The molecule has 1 aromatic rings. The summed E-state index contributed by atoms with van der Waals surface area (Å²) in [6.45, 7) is 2.59. The Bertz CT molecular complexity index is 492. The summed E-state index contributed by atoms with van der Waals surface area (Å²) < 4.78 is 31.2. The molecule has 0 aliphatic rings. The molecule has 0 aliphatic heterocycles. The van der Waals surface area contributed by atoms with Crippen molar-refractivity contribution in [2.45, 2.75) is 32.6 Å². The number of carbonyl (C=O) groups is 2. The van der Waals surface area contributed by atoms with Crippen molar-refractivity contribution in [2.24, 2.45) is 0 Å². The van der Waals surface area contributed by atoms with E-state index in [9.17, 15) is 18.4 Å². The molecule has 0 bridgehead atoms. The maximum absolute atomic E-state index is 13.4. The Balaban J connectivity index is 2.28. The molecule has 1 N–H and O–H groups in total. The number of benzene rings is 1. The lowest BCUT2D eigenvalue weighted by Crippen LogP contribution is -2.26. The van der Waals surface area contributed by atoms with Crippen LogP contribution in [-0.2, 0) is 4.74 Å². The Morgan fingerprint density at radius 2 is 2.00 bits per heavy atom. The van der Waals surface area contributed by atoms with E-state index in [0.717, 1.165) is 31.0 Å². The number of halogens is 2. The molecule has 0 aromatic heterocycles. The summed E-state index contributed by atoms with van der Waals surface area (Å²) in [4.78, 5) is 22.9. The van der Waals surface area contributed by atoms with E-state index in [4.69, 9.17) is 4.74 Å². The number of hydrogen-bond donors (Lipinski definition) is 1. The highest BCUT2D eigenvalue weighted by Gasteiger charge is 2.12. The predicted octanol–water partition coefficient (Wildman–Crippen LogP) is 3.45. The van der Waals surface area contributed by atoms with Crippen LogP contribution in [0.1, 0.15) is 43.0 Å². The van der Waals surface area contributed by atoms with Crippen LogP contribution in [0.25, 0.3) is 0 Å². The van der Waals surface area contributed by atoms with Gasteiger partial charge in [0, 0.05) is 13.0 Å². The van der Waals surface area contributed by atoms with E-state index in [2.05, 4.69) is 5.32 Å². The first kappa shape index (κ1) is 17.1. The Kier molecular flexibility index (Phi) is 7.36. The van der Waals surface area contributed by atoms with Gasteiger partial charge in [0.1, 0.15) is 11.6 Å². The third-order valence-corrected chi connectivity index (χ3v) is 2.81. The molecule has 0 unspecified atom stereocenters. The number of amides is 1. The van der Waals surface area contributed by atoms with Crippen LogP contribution in [0.4, 0.5) is 13.6 Å². The average Bonchev–Trinajstić information content (AvgIpc) is 2.46. The van der Waals surface area contributed by atoms with Gasteiger partial charge in [0.25, 0.3) is 0 Å². The van der Waals surface area contributed by atoms with Crippen molar-refractivity contribution in [2.75, 3.05) is 13.2 Å². The van der Waals surface area contributed by atoms with Crippen molar-refractivity contribution in [1.29, 1.82) is 0 Å². The van der Waals surface area contributed by atoms with E-state index < -0.39 is 23.5 Å². The molecule has 6 heteroatoms. The highest BCUT2D eigenvalue weighted by atomic mass is 19.1. The number of ketones is 1. The molecule has 21 heavy (non-hydrogen) atoms. The molecule has 1 rings (SSSR count). The van der Waals surface area contributed by atoms with Gasteiger partial charge in [0.2, 0.25) is 0 Å². The van der Waals surface area contributed by atoms with Gasteiger partial charge in [-0.05, 0) is 31.0 Å². The summed E-state index contributed by atoms with van der Waals surface area (Å²) in [6, 6.07) is 2.76. The average molecular weight is 299 g/mol. The van der Waals surface area contributed by atoms with Crippen LogP contribution in [0, 0.1) is 11.6 Å². The van der Waals surface area contributed by atoms with Gasteiger partial charge >= 0.3 is 6.09 Å². The molecule has 0 aliphatic carbocycles. The number of ether oxygens (including phenoxy) is 1. The molecule has 1 aromatic carbocycles. The number of Topliss-reactive ketones (excluding diaryl/α,β-unsaturated/α-hetero) is 1. The SMILES string of the molecule is CCCCOC(=O)NCCCC(=O)c1cc(F)ccc1F. The fourth-order valence-electron chi connectivity index (χ4n) is 1.65. The molecule has 0 heterocycles. The van der Waals surface area contributed by atoms with Crippen LogP contribution in [0.5, 0.6) is 0 Å². The molecule has 116 valence electrons. The minimum atomic E-state index is -0.742. The van der Waals surface area contributed by atoms with Crippen LogP contribution in [0.3, 0.4) is 0 Å². The molecule has 0 fully saturated rings. The Morgan fingerprint density at radius 1 is 1.24 bits per heavy atom. The van der Waals surface area contributed by atoms with Crippen LogP contribution >= 0.6 is 0 Å². The van der Waals surface area contributed by atoms with Crippen molar-refractivity contribution < 1.29 is 23.1 Å². The first-order valence-corrected chi connectivity index (χ1v) is 6.93. The maximum atomic E-state index is 13.4. The van der Waals surface area contributed by atoms with Crippen LogP contribution in [0.2, 0.25) is 0 Å². The van der Waals surface area contributed by atoms with E-state index in [1.54, 1.807) is 0 Å². The molecular weight excluding hydrogens is 280 g/mol. The Morgan fingerprint density at radius 3 is 2.71 bits per heavy atom.